The van der Waals surface area contributed by atoms with E-state index >= 15 is 0 Å². The van der Waals surface area contributed by atoms with Crippen molar-refractivity contribution in [3.63, 3.8) is 0 Å². The fourth-order valence-corrected chi connectivity index (χ4v) is 3.07. The lowest BCUT2D eigenvalue weighted by atomic mass is 10.1. The number of pyridine rings is 1. The van der Waals surface area contributed by atoms with Gasteiger partial charge in [0.15, 0.2) is 0 Å². The maximum Gasteiger partial charge on any atom is 0.338 e. The number of H-pyrrole nitrogens is 1. The molecule has 2 aromatic heterocycles. The lowest BCUT2D eigenvalue weighted by Gasteiger charge is -2.03. The summed E-state index contributed by atoms with van der Waals surface area (Å²) in [6.07, 6.45) is 0. The van der Waals surface area contributed by atoms with E-state index in [0.717, 1.165) is 15.4 Å². The Balaban J connectivity index is 2.32. The highest BCUT2D eigenvalue weighted by Crippen LogP contribution is 2.32. The molecule has 0 radical (unpaired) electrons. The van der Waals surface area contributed by atoms with Crippen LogP contribution in [0.15, 0.2) is 46.9 Å². The van der Waals surface area contributed by atoms with Gasteiger partial charge in [0.2, 0.25) is 0 Å². The standard InChI is InChI=1S/C16H9BrN2O2/c17-8-5-6-12-10(7-8)14-15(19-12)13(16(20)21)9-3-1-2-4-11(9)18-14/h1-7,19H,(H,20,21). The largest absolute Gasteiger partial charge is 0.478 e. The zero-order valence-electron chi connectivity index (χ0n) is 10.7. The number of carbonyl (C=O) groups is 1. The fourth-order valence-electron chi connectivity index (χ4n) is 2.71. The number of aromatic amines is 1. The normalized spacial score (nSPS) is 11.5. The van der Waals surface area contributed by atoms with Gasteiger partial charge in [0, 0.05) is 20.8 Å². The second-order valence-electron chi connectivity index (χ2n) is 4.85. The van der Waals surface area contributed by atoms with Crippen molar-refractivity contribution < 1.29 is 9.90 Å². The highest BCUT2D eigenvalue weighted by Gasteiger charge is 2.18. The number of aromatic carboxylic acids is 1. The molecular weight excluding hydrogens is 332 g/mol. The fraction of sp³-hybridized carbons (Fsp3) is 0. The van der Waals surface area contributed by atoms with Gasteiger partial charge in [-0.1, -0.05) is 34.1 Å². The summed E-state index contributed by atoms with van der Waals surface area (Å²) in [6, 6.07) is 13.1. The Bertz CT molecular complexity index is 1040. The molecule has 0 spiro atoms. The number of aromatic nitrogens is 2. The van der Waals surface area contributed by atoms with Crippen LogP contribution in [0.25, 0.3) is 32.8 Å². The van der Waals surface area contributed by atoms with Crippen LogP contribution < -0.4 is 0 Å². The molecule has 102 valence electrons. The van der Waals surface area contributed by atoms with E-state index in [9.17, 15) is 9.90 Å². The van der Waals surface area contributed by atoms with E-state index in [0.29, 0.717) is 21.9 Å². The third-order valence-corrected chi connectivity index (χ3v) is 4.10. The molecule has 0 saturated carbocycles. The van der Waals surface area contributed by atoms with Gasteiger partial charge in [-0.05, 0) is 24.3 Å². The first-order chi connectivity index (χ1) is 10.1. The predicted molar refractivity (Wildman–Crippen MR) is 85.8 cm³/mol. The smallest absolute Gasteiger partial charge is 0.338 e. The number of fused-ring (bicyclic) bond motifs is 4. The third-order valence-electron chi connectivity index (χ3n) is 3.60. The summed E-state index contributed by atoms with van der Waals surface area (Å²) < 4.78 is 0.933. The van der Waals surface area contributed by atoms with Crippen LogP contribution in [0.1, 0.15) is 10.4 Å². The van der Waals surface area contributed by atoms with Crippen LogP contribution in [0.2, 0.25) is 0 Å². The zero-order chi connectivity index (χ0) is 14.6. The molecule has 0 atom stereocenters. The second kappa shape index (κ2) is 4.30. The van der Waals surface area contributed by atoms with Crippen molar-refractivity contribution in [3.05, 3.63) is 52.5 Å². The van der Waals surface area contributed by atoms with Crippen molar-refractivity contribution >= 4 is 54.7 Å². The SMILES string of the molecule is O=C(O)c1c2ccccc2nc2c1[nH]c1ccc(Br)cc12. The number of nitrogens with one attached hydrogen (secondary N) is 1. The predicted octanol–water partition coefficient (Wildman–Crippen LogP) is 4.33. The molecule has 4 nitrogen and oxygen atoms in total. The Hall–Kier alpha value is -2.40. The van der Waals surface area contributed by atoms with Crippen molar-refractivity contribution in [3.8, 4) is 0 Å². The highest BCUT2D eigenvalue weighted by atomic mass is 79.9. The van der Waals surface area contributed by atoms with E-state index < -0.39 is 5.97 Å². The zero-order valence-corrected chi connectivity index (χ0v) is 12.3. The van der Waals surface area contributed by atoms with Crippen LogP contribution in [-0.4, -0.2) is 21.0 Å². The molecule has 2 N–H and O–H groups in total. The van der Waals surface area contributed by atoms with Crippen molar-refractivity contribution in [2.24, 2.45) is 0 Å². The van der Waals surface area contributed by atoms with Gasteiger partial charge in [-0.2, -0.15) is 0 Å². The van der Waals surface area contributed by atoms with Crippen LogP contribution >= 0.6 is 15.9 Å². The topological polar surface area (TPSA) is 66.0 Å². The van der Waals surface area contributed by atoms with Gasteiger partial charge in [0.05, 0.1) is 22.1 Å². The molecule has 0 amide bonds. The van der Waals surface area contributed by atoms with Gasteiger partial charge < -0.3 is 10.1 Å². The Morgan fingerprint density at radius 1 is 1.14 bits per heavy atom. The maximum atomic E-state index is 11.7. The quantitative estimate of drug-likeness (QED) is 0.542. The Kier molecular flexibility index (Phi) is 2.53. The molecule has 0 aliphatic heterocycles. The second-order valence-corrected chi connectivity index (χ2v) is 5.76. The molecule has 0 aliphatic rings. The van der Waals surface area contributed by atoms with Gasteiger partial charge in [-0.25, -0.2) is 9.78 Å². The van der Waals surface area contributed by atoms with Crippen molar-refractivity contribution in [2.75, 3.05) is 0 Å². The van der Waals surface area contributed by atoms with E-state index in [1.807, 2.05) is 36.4 Å². The van der Waals surface area contributed by atoms with E-state index in [1.54, 1.807) is 6.07 Å². The minimum absolute atomic E-state index is 0.267. The average molecular weight is 341 g/mol. The molecule has 0 bridgehead atoms. The Morgan fingerprint density at radius 3 is 2.76 bits per heavy atom. The van der Waals surface area contributed by atoms with Crippen LogP contribution in [-0.2, 0) is 0 Å². The van der Waals surface area contributed by atoms with Gasteiger partial charge in [0.1, 0.15) is 0 Å². The molecule has 21 heavy (non-hydrogen) atoms. The highest BCUT2D eigenvalue weighted by molar-refractivity contribution is 9.10. The van der Waals surface area contributed by atoms with Gasteiger partial charge in [0.25, 0.3) is 0 Å². The number of nitrogens with zero attached hydrogens (tertiary/aromatic N) is 1. The summed E-state index contributed by atoms with van der Waals surface area (Å²) in [6.45, 7) is 0. The monoisotopic (exact) mass is 340 g/mol. The van der Waals surface area contributed by atoms with Gasteiger partial charge in [-0.15, -0.1) is 0 Å². The summed E-state index contributed by atoms with van der Waals surface area (Å²) in [5, 5.41) is 11.2. The first-order valence-corrected chi connectivity index (χ1v) is 7.17. The van der Waals surface area contributed by atoms with Crippen molar-refractivity contribution in [2.45, 2.75) is 0 Å². The first kappa shape index (κ1) is 12.3. The van der Waals surface area contributed by atoms with Crippen molar-refractivity contribution in [1.82, 2.24) is 9.97 Å². The third kappa shape index (κ3) is 1.74. The van der Waals surface area contributed by atoms with E-state index in [-0.39, 0.29) is 5.56 Å². The number of hydrogen-bond acceptors (Lipinski definition) is 2. The van der Waals surface area contributed by atoms with Crippen LogP contribution in [0.3, 0.4) is 0 Å². The van der Waals surface area contributed by atoms with Gasteiger partial charge >= 0.3 is 5.97 Å². The van der Waals surface area contributed by atoms with E-state index in [4.69, 9.17) is 0 Å². The molecular formula is C16H9BrN2O2. The molecule has 0 saturated heterocycles. The number of carboxylic acids is 1. The Morgan fingerprint density at radius 2 is 1.95 bits per heavy atom. The lowest BCUT2D eigenvalue weighted by Crippen LogP contribution is -2.00. The lowest BCUT2D eigenvalue weighted by molar-refractivity contribution is 0.0701. The molecule has 0 unspecified atom stereocenters. The summed E-state index contributed by atoms with van der Waals surface area (Å²) in [7, 11) is 0. The minimum atomic E-state index is -0.954. The maximum absolute atomic E-state index is 11.7. The number of carboxylic acid groups (broad SMARTS) is 1. The first-order valence-electron chi connectivity index (χ1n) is 6.38. The molecule has 4 rings (SSSR count). The van der Waals surface area contributed by atoms with Crippen LogP contribution in [0.4, 0.5) is 0 Å². The molecule has 5 heteroatoms. The Labute approximate surface area is 127 Å². The number of benzene rings is 2. The minimum Gasteiger partial charge on any atom is -0.478 e. The molecule has 0 fully saturated rings. The summed E-state index contributed by atoms with van der Waals surface area (Å²) >= 11 is 3.44. The molecule has 2 heterocycles. The molecule has 0 aliphatic carbocycles. The van der Waals surface area contributed by atoms with E-state index in [2.05, 4.69) is 25.9 Å². The van der Waals surface area contributed by atoms with Gasteiger partial charge in [-0.3, -0.25) is 0 Å². The number of rotatable bonds is 1. The number of hydrogen-bond donors (Lipinski definition) is 2. The summed E-state index contributed by atoms with van der Waals surface area (Å²) in [5.41, 5.74) is 3.07. The molecule has 2 aromatic carbocycles. The number of halogens is 1. The van der Waals surface area contributed by atoms with Crippen LogP contribution in [0, 0.1) is 0 Å². The average Bonchev–Trinajstić information content (AvgIpc) is 2.81. The van der Waals surface area contributed by atoms with Crippen LogP contribution in [0.5, 0.6) is 0 Å². The van der Waals surface area contributed by atoms with Crippen molar-refractivity contribution in [1.29, 1.82) is 0 Å². The number of para-hydroxylation sites is 1. The summed E-state index contributed by atoms with van der Waals surface area (Å²) in [4.78, 5) is 19.5. The van der Waals surface area contributed by atoms with E-state index in [1.165, 1.54) is 0 Å². The summed E-state index contributed by atoms with van der Waals surface area (Å²) in [5.74, 6) is -0.954. The molecule has 4 aromatic rings.